The zero-order valence-electron chi connectivity index (χ0n) is 18.8. The Balaban J connectivity index is 1.57. The number of ether oxygens (including phenoxy) is 1. The highest BCUT2D eigenvalue weighted by molar-refractivity contribution is 6.07. The third kappa shape index (κ3) is 5.20. The number of methoxy groups -OCH3 is 1. The maximum Gasteiger partial charge on any atom is 0.325 e. The van der Waals surface area contributed by atoms with E-state index < -0.39 is 11.6 Å². The van der Waals surface area contributed by atoms with Gasteiger partial charge in [0, 0.05) is 19.5 Å². The molecule has 174 valence electrons. The van der Waals surface area contributed by atoms with E-state index in [1.807, 2.05) is 6.92 Å². The second-order valence-corrected chi connectivity index (χ2v) is 8.34. The van der Waals surface area contributed by atoms with Crippen molar-refractivity contribution in [2.75, 3.05) is 32.1 Å². The van der Waals surface area contributed by atoms with Crippen molar-refractivity contribution in [3.63, 3.8) is 0 Å². The molecular weight excluding hydrogens is 412 g/mol. The number of rotatable bonds is 9. The first-order valence-electron chi connectivity index (χ1n) is 11.2. The van der Waals surface area contributed by atoms with Gasteiger partial charge in [0.15, 0.2) is 0 Å². The molecule has 1 aromatic carbocycles. The summed E-state index contributed by atoms with van der Waals surface area (Å²) in [4.78, 5) is 53.3. The summed E-state index contributed by atoms with van der Waals surface area (Å²) in [5.74, 6) is -0.310. The van der Waals surface area contributed by atoms with Gasteiger partial charge < -0.3 is 20.3 Å². The lowest BCUT2D eigenvalue weighted by Crippen LogP contribution is -2.48. The van der Waals surface area contributed by atoms with Crippen LogP contribution in [0, 0.1) is 0 Å². The fourth-order valence-corrected chi connectivity index (χ4v) is 4.41. The van der Waals surface area contributed by atoms with E-state index in [0.717, 1.165) is 24.2 Å². The number of para-hydroxylation sites is 2. The van der Waals surface area contributed by atoms with Crippen LogP contribution in [0.1, 0.15) is 51.9 Å². The first-order valence-corrected chi connectivity index (χ1v) is 11.2. The van der Waals surface area contributed by atoms with Crippen molar-refractivity contribution in [3.8, 4) is 5.75 Å². The van der Waals surface area contributed by atoms with Gasteiger partial charge in [0.05, 0.1) is 19.3 Å². The van der Waals surface area contributed by atoms with Crippen LogP contribution in [0.25, 0.3) is 0 Å². The molecule has 1 aromatic rings. The van der Waals surface area contributed by atoms with Crippen LogP contribution in [0.4, 0.5) is 10.5 Å². The quantitative estimate of drug-likeness (QED) is 0.569. The Morgan fingerprint density at radius 3 is 2.59 bits per heavy atom. The zero-order chi connectivity index (χ0) is 23.1. The van der Waals surface area contributed by atoms with Gasteiger partial charge in [-0.05, 0) is 31.4 Å². The van der Waals surface area contributed by atoms with Crippen LogP contribution in [0.2, 0.25) is 0 Å². The van der Waals surface area contributed by atoms with Crippen LogP contribution in [-0.4, -0.2) is 65.8 Å². The molecule has 9 nitrogen and oxygen atoms in total. The van der Waals surface area contributed by atoms with E-state index in [9.17, 15) is 19.2 Å². The number of nitrogens with one attached hydrogen (secondary N) is 2. The normalized spacial score (nSPS) is 17.2. The Hall–Kier alpha value is -3.10. The van der Waals surface area contributed by atoms with Gasteiger partial charge in [0.1, 0.15) is 11.3 Å². The van der Waals surface area contributed by atoms with Crippen LogP contribution in [0.5, 0.6) is 5.75 Å². The Morgan fingerprint density at radius 1 is 1.19 bits per heavy atom. The Morgan fingerprint density at radius 2 is 1.91 bits per heavy atom. The predicted octanol–water partition coefficient (Wildman–Crippen LogP) is 2.52. The van der Waals surface area contributed by atoms with E-state index in [2.05, 4.69) is 10.6 Å². The topological polar surface area (TPSA) is 108 Å². The van der Waals surface area contributed by atoms with Gasteiger partial charge in [-0.1, -0.05) is 38.3 Å². The summed E-state index contributed by atoms with van der Waals surface area (Å²) in [6, 6.07) is 6.61. The van der Waals surface area contributed by atoms with E-state index in [4.69, 9.17) is 4.74 Å². The fourth-order valence-electron chi connectivity index (χ4n) is 4.41. The van der Waals surface area contributed by atoms with Crippen molar-refractivity contribution in [2.45, 2.75) is 57.4 Å². The third-order valence-electron chi connectivity index (χ3n) is 6.06. The van der Waals surface area contributed by atoms with E-state index in [1.165, 1.54) is 12.0 Å². The lowest BCUT2D eigenvalue weighted by Gasteiger charge is -2.30. The van der Waals surface area contributed by atoms with Gasteiger partial charge in [-0.2, -0.15) is 0 Å². The zero-order valence-corrected chi connectivity index (χ0v) is 18.8. The molecule has 0 bridgehead atoms. The molecule has 2 aliphatic rings. The minimum absolute atomic E-state index is 0.0135. The molecule has 0 unspecified atom stereocenters. The molecule has 0 aromatic heterocycles. The number of imide groups is 1. The SMILES string of the molecule is CCCN(CC(=O)Nc1ccccc1OC)C(=O)CCN1C(=O)NC2(CCCCC2)C1=O. The Labute approximate surface area is 188 Å². The Kier molecular flexibility index (Phi) is 7.71. The molecular formula is C23H32N4O5. The van der Waals surface area contributed by atoms with Crippen LogP contribution in [0.15, 0.2) is 24.3 Å². The lowest BCUT2D eigenvalue weighted by molar-refractivity contribution is -0.136. The molecule has 1 heterocycles. The van der Waals surface area contributed by atoms with Gasteiger partial charge >= 0.3 is 6.03 Å². The Bertz CT molecular complexity index is 866. The van der Waals surface area contributed by atoms with Gasteiger partial charge in [0.2, 0.25) is 11.8 Å². The van der Waals surface area contributed by atoms with Crippen molar-refractivity contribution in [2.24, 2.45) is 0 Å². The largest absolute Gasteiger partial charge is 0.495 e. The van der Waals surface area contributed by atoms with E-state index in [0.29, 0.717) is 37.2 Å². The number of amides is 5. The van der Waals surface area contributed by atoms with Crippen molar-refractivity contribution < 1.29 is 23.9 Å². The second-order valence-electron chi connectivity index (χ2n) is 8.34. The number of hydrogen-bond donors (Lipinski definition) is 2. The molecule has 1 saturated heterocycles. The summed E-state index contributed by atoms with van der Waals surface area (Å²) in [5.41, 5.74) is -0.267. The summed E-state index contributed by atoms with van der Waals surface area (Å²) in [5, 5.41) is 5.62. The molecule has 1 aliphatic heterocycles. The number of anilines is 1. The summed E-state index contributed by atoms with van der Waals surface area (Å²) >= 11 is 0. The van der Waals surface area contributed by atoms with Crippen LogP contribution < -0.4 is 15.4 Å². The molecule has 1 spiro atoms. The molecule has 9 heteroatoms. The molecule has 2 N–H and O–H groups in total. The van der Waals surface area contributed by atoms with Crippen molar-refractivity contribution >= 4 is 29.4 Å². The van der Waals surface area contributed by atoms with Crippen molar-refractivity contribution in [1.82, 2.24) is 15.1 Å². The third-order valence-corrected chi connectivity index (χ3v) is 6.06. The maximum atomic E-state index is 12.9. The van der Waals surface area contributed by atoms with Crippen LogP contribution in [-0.2, 0) is 14.4 Å². The number of carbonyl (C=O) groups is 4. The number of nitrogens with zero attached hydrogens (tertiary/aromatic N) is 2. The van der Waals surface area contributed by atoms with Crippen molar-refractivity contribution in [1.29, 1.82) is 0 Å². The molecule has 32 heavy (non-hydrogen) atoms. The molecule has 0 radical (unpaired) electrons. The maximum absolute atomic E-state index is 12.9. The van der Waals surface area contributed by atoms with Gasteiger partial charge in [0.25, 0.3) is 5.91 Å². The fraction of sp³-hybridized carbons (Fsp3) is 0.565. The lowest BCUT2D eigenvalue weighted by atomic mass is 9.82. The first kappa shape index (κ1) is 23.6. The minimum atomic E-state index is -0.796. The van der Waals surface area contributed by atoms with Crippen LogP contribution >= 0.6 is 0 Å². The summed E-state index contributed by atoms with van der Waals surface area (Å²) in [6.45, 7) is 2.22. The highest BCUT2D eigenvalue weighted by atomic mass is 16.5. The molecule has 1 saturated carbocycles. The monoisotopic (exact) mass is 444 g/mol. The van der Waals surface area contributed by atoms with Gasteiger partial charge in [-0.3, -0.25) is 19.3 Å². The number of urea groups is 1. The average molecular weight is 445 g/mol. The molecule has 3 rings (SSSR count). The van der Waals surface area contributed by atoms with E-state index >= 15 is 0 Å². The first-order chi connectivity index (χ1) is 15.4. The predicted molar refractivity (Wildman–Crippen MR) is 119 cm³/mol. The van der Waals surface area contributed by atoms with Gasteiger partial charge in [-0.25, -0.2) is 4.79 Å². The number of benzene rings is 1. The molecule has 1 aliphatic carbocycles. The summed E-state index contributed by atoms with van der Waals surface area (Å²) in [7, 11) is 1.52. The van der Waals surface area contributed by atoms with E-state index in [1.54, 1.807) is 24.3 Å². The van der Waals surface area contributed by atoms with Crippen molar-refractivity contribution in [3.05, 3.63) is 24.3 Å². The number of carbonyl (C=O) groups excluding carboxylic acids is 4. The number of hydrogen-bond acceptors (Lipinski definition) is 5. The molecule has 5 amide bonds. The smallest absolute Gasteiger partial charge is 0.325 e. The molecule has 2 fully saturated rings. The minimum Gasteiger partial charge on any atom is -0.495 e. The second kappa shape index (κ2) is 10.5. The highest BCUT2D eigenvalue weighted by Crippen LogP contribution is 2.33. The molecule has 0 atom stereocenters. The summed E-state index contributed by atoms with van der Waals surface area (Å²) < 4.78 is 5.24. The standard InChI is InChI=1S/C23H32N4O5/c1-3-14-26(16-19(28)24-17-9-5-6-10-18(17)32-2)20(29)11-15-27-21(30)23(25-22(27)31)12-7-4-8-13-23/h5-6,9-10H,3-4,7-8,11-16H2,1-2H3,(H,24,28)(H,25,31). The van der Waals surface area contributed by atoms with Gasteiger partial charge in [-0.15, -0.1) is 0 Å². The van der Waals surface area contributed by atoms with E-state index in [-0.39, 0.29) is 37.2 Å². The van der Waals surface area contributed by atoms with Crippen LogP contribution in [0.3, 0.4) is 0 Å². The average Bonchev–Trinajstić information content (AvgIpc) is 3.01. The highest BCUT2D eigenvalue weighted by Gasteiger charge is 2.51. The summed E-state index contributed by atoms with van der Waals surface area (Å²) in [6.07, 6.45) is 4.83.